The zero-order chi connectivity index (χ0) is 21.4. The molecule has 0 aromatic heterocycles. The minimum atomic E-state index is -0.850. The number of hydrogen-bond donors (Lipinski definition) is 2. The molecule has 3 nitrogen and oxygen atoms in total. The Bertz CT molecular complexity index is 1350. The zero-order valence-electron chi connectivity index (χ0n) is 17.8. The fourth-order valence-electron chi connectivity index (χ4n) is 7.36. The Morgan fingerprint density at radius 2 is 1.53 bits per heavy atom. The third kappa shape index (κ3) is 2.39. The lowest BCUT2D eigenvalue weighted by Gasteiger charge is -2.44. The minimum absolute atomic E-state index is 0.110. The van der Waals surface area contributed by atoms with Crippen molar-refractivity contribution in [3.63, 3.8) is 0 Å². The van der Waals surface area contributed by atoms with Crippen LogP contribution in [0.5, 0.6) is 0 Å². The van der Waals surface area contributed by atoms with Crippen molar-refractivity contribution in [3.05, 3.63) is 89.5 Å². The first-order chi connectivity index (χ1) is 15.7. The Morgan fingerprint density at radius 3 is 2.25 bits per heavy atom. The lowest BCUT2D eigenvalue weighted by atomic mass is 9.67. The molecule has 2 saturated carbocycles. The van der Waals surface area contributed by atoms with E-state index in [-0.39, 0.29) is 6.04 Å². The van der Waals surface area contributed by atoms with Crippen LogP contribution in [0, 0.1) is 17.8 Å². The molecular formula is C29H25NO2. The Morgan fingerprint density at radius 1 is 0.844 bits per heavy atom. The second-order valence-electron chi connectivity index (χ2n) is 9.87. The van der Waals surface area contributed by atoms with Gasteiger partial charge < -0.3 is 10.4 Å². The van der Waals surface area contributed by atoms with Crippen LogP contribution >= 0.6 is 0 Å². The van der Waals surface area contributed by atoms with Crippen LogP contribution in [0.3, 0.4) is 0 Å². The van der Waals surface area contributed by atoms with E-state index in [0.29, 0.717) is 29.2 Å². The van der Waals surface area contributed by atoms with E-state index < -0.39 is 5.97 Å². The SMILES string of the molecule is O=C(O)c1cccc2c1N[C@H](c1c3ccccc3cc3ccccc13)[C@H]1[C@H]3CC[C@@H](C3)[C@@H]21. The molecule has 2 N–H and O–H groups in total. The summed E-state index contributed by atoms with van der Waals surface area (Å²) >= 11 is 0. The van der Waals surface area contributed by atoms with Gasteiger partial charge in [0.1, 0.15) is 0 Å². The Labute approximate surface area is 187 Å². The van der Waals surface area contributed by atoms with Crippen LogP contribution in [-0.4, -0.2) is 11.1 Å². The summed E-state index contributed by atoms with van der Waals surface area (Å²) in [5, 5.41) is 18.9. The molecule has 3 heteroatoms. The Hall–Kier alpha value is -3.33. The number of para-hydroxylation sites is 1. The fourth-order valence-corrected chi connectivity index (χ4v) is 7.36. The predicted molar refractivity (Wildman–Crippen MR) is 128 cm³/mol. The number of rotatable bonds is 2. The van der Waals surface area contributed by atoms with Crippen molar-refractivity contribution >= 4 is 33.2 Å². The molecule has 2 fully saturated rings. The molecule has 0 saturated heterocycles. The number of anilines is 1. The van der Waals surface area contributed by atoms with E-state index in [2.05, 4.69) is 66.0 Å². The van der Waals surface area contributed by atoms with Gasteiger partial charge in [-0.2, -0.15) is 0 Å². The standard InChI is InChI=1S/C29H25NO2/c31-29(32)23-11-5-10-22-24-18-12-13-19(15-18)25(24)28(30-27(22)23)26-20-8-3-1-6-16(20)14-17-7-2-4-9-21(17)26/h1-11,14,18-19,24-25,28,30H,12-13,15H2,(H,31,32)/t18-,19-,24-,25-,28-/m0/s1. The van der Waals surface area contributed by atoms with Gasteiger partial charge in [0.15, 0.2) is 0 Å². The third-order valence-electron chi connectivity index (χ3n) is 8.48. The third-order valence-corrected chi connectivity index (χ3v) is 8.48. The van der Waals surface area contributed by atoms with Crippen LogP contribution in [0.4, 0.5) is 5.69 Å². The van der Waals surface area contributed by atoms with Crippen molar-refractivity contribution in [1.82, 2.24) is 0 Å². The van der Waals surface area contributed by atoms with Gasteiger partial charge in [0.05, 0.1) is 17.3 Å². The Kier molecular flexibility index (Phi) is 3.76. The summed E-state index contributed by atoms with van der Waals surface area (Å²) in [5.41, 5.74) is 3.81. The molecule has 5 atom stereocenters. The predicted octanol–water partition coefficient (Wildman–Crippen LogP) is 6.99. The quantitative estimate of drug-likeness (QED) is 0.344. The summed E-state index contributed by atoms with van der Waals surface area (Å²) in [6.07, 6.45) is 3.83. The molecule has 1 heterocycles. The first kappa shape index (κ1) is 18.3. The van der Waals surface area contributed by atoms with Gasteiger partial charge in [-0.05, 0) is 87.7 Å². The molecule has 7 rings (SSSR count). The van der Waals surface area contributed by atoms with E-state index in [9.17, 15) is 9.90 Å². The second kappa shape index (κ2) is 6.59. The van der Waals surface area contributed by atoms with E-state index >= 15 is 0 Å². The largest absolute Gasteiger partial charge is 0.478 e. The summed E-state index contributed by atoms with van der Waals surface area (Å²) in [5.74, 6) is 1.45. The van der Waals surface area contributed by atoms with Crippen molar-refractivity contribution in [2.45, 2.75) is 31.2 Å². The van der Waals surface area contributed by atoms with Crippen molar-refractivity contribution in [2.24, 2.45) is 17.8 Å². The summed E-state index contributed by atoms with van der Waals surface area (Å²) < 4.78 is 0. The summed E-state index contributed by atoms with van der Waals surface area (Å²) in [7, 11) is 0. The summed E-state index contributed by atoms with van der Waals surface area (Å²) in [6, 6.07) is 25.6. The van der Waals surface area contributed by atoms with E-state index in [0.717, 1.165) is 5.69 Å². The lowest BCUT2D eigenvalue weighted by molar-refractivity contribution is 0.0697. The van der Waals surface area contributed by atoms with Crippen molar-refractivity contribution in [2.75, 3.05) is 5.32 Å². The van der Waals surface area contributed by atoms with E-state index in [1.54, 1.807) is 6.07 Å². The average Bonchev–Trinajstić information content (AvgIpc) is 3.44. The molecule has 0 radical (unpaired) electrons. The molecule has 4 aromatic carbocycles. The Balaban J connectivity index is 1.54. The topological polar surface area (TPSA) is 49.3 Å². The maximum Gasteiger partial charge on any atom is 0.337 e. The van der Waals surface area contributed by atoms with Gasteiger partial charge in [0.2, 0.25) is 0 Å². The molecule has 2 bridgehead atoms. The number of nitrogens with one attached hydrogen (secondary N) is 1. The number of hydrogen-bond acceptors (Lipinski definition) is 2. The first-order valence-corrected chi connectivity index (χ1v) is 11.7. The van der Waals surface area contributed by atoms with Gasteiger partial charge in [-0.1, -0.05) is 60.7 Å². The molecule has 158 valence electrons. The van der Waals surface area contributed by atoms with Gasteiger partial charge in [-0.3, -0.25) is 0 Å². The lowest BCUT2D eigenvalue weighted by Crippen LogP contribution is -2.36. The number of aromatic carboxylic acids is 1. The highest BCUT2D eigenvalue weighted by molar-refractivity contribution is 6.03. The minimum Gasteiger partial charge on any atom is -0.478 e. The van der Waals surface area contributed by atoms with Crippen LogP contribution in [0.25, 0.3) is 21.5 Å². The van der Waals surface area contributed by atoms with E-state index in [1.807, 2.05) is 6.07 Å². The number of carbonyl (C=O) groups is 1. The van der Waals surface area contributed by atoms with Crippen LogP contribution in [0.1, 0.15) is 52.7 Å². The second-order valence-corrected chi connectivity index (χ2v) is 9.87. The van der Waals surface area contributed by atoms with Crippen LogP contribution in [0.15, 0.2) is 72.8 Å². The number of benzene rings is 4. The highest BCUT2D eigenvalue weighted by Gasteiger charge is 2.54. The van der Waals surface area contributed by atoms with E-state index in [4.69, 9.17) is 0 Å². The van der Waals surface area contributed by atoms with Gasteiger partial charge >= 0.3 is 5.97 Å². The summed E-state index contributed by atoms with van der Waals surface area (Å²) in [6.45, 7) is 0. The van der Waals surface area contributed by atoms with Crippen molar-refractivity contribution in [1.29, 1.82) is 0 Å². The number of carboxylic acid groups (broad SMARTS) is 1. The summed E-state index contributed by atoms with van der Waals surface area (Å²) in [4.78, 5) is 12.2. The molecule has 1 aliphatic heterocycles. The normalized spacial score (nSPS) is 27.8. The van der Waals surface area contributed by atoms with Gasteiger partial charge in [-0.15, -0.1) is 0 Å². The molecule has 2 aliphatic carbocycles. The number of carboxylic acids is 1. The highest BCUT2D eigenvalue weighted by Crippen LogP contribution is 2.64. The van der Waals surface area contributed by atoms with E-state index in [1.165, 1.54) is 51.9 Å². The number of fused-ring (bicyclic) bond motifs is 9. The monoisotopic (exact) mass is 419 g/mol. The molecule has 0 unspecified atom stereocenters. The maximum atomic E-state index is 12.2. The highest BCUT2D eigenvalue weighted by atomic mass is 16.4. The molecule has 0 amide bonds. The van der Waals surface area contributed by atoms with Gasteiger partial charge in [0.25, 0.3) is 0 Å². The first-order valence-electron chi connectivity index (χ1n) is 11.7. The molecular weight excluding hydrogens is 394 g/mol. The maximum absolute atomic E-state index is 12.2. The van der Waals surface area contributed by atoms with Crippen LogP contribution < -0.4 is 5.32 Å². The zero-order valence-corrected chi connectivity index (χ0v) is 17.8. The van der Waals surface area contributed by atoms with Gasteiger partial charge in [-0.25, -0.2) is 4.79 Å². The average molecular weight is 420 g/mol. The van der Waals surface area contributed by atoms with Crippen LogP contribution in [-0.2, 0) is 0 Å². The molecule has 3 aliphatic rings. The fraction of sp³-hybridized carbons (Fsp3) is 0.276. The molecule has 4 aromatic rings. The molecule has 32 heavy (non-hydrogen) atoms. The van der Waals surface area contributed by atoms with Crippen molar-refractivity contribution in [3.8, 4) is 0 Å². The molecule has 0 spiro atoms. The van der Waals surface area contributed by atoms with Crippen molar-refractivity contribution < 1.29 is 9.90 Å². The van der Waals surface area contributed by atoms with Gasteiger partial charge in [0, 0.05) is 0 Å². The smallest absolute Gasteiger partial charge is 0.337 e. The van der Waals surface area contributed by atoms with Crippen LogP contribution in [0.2, 0.25) is 0 Å².